The normalized spacial score (nSPS) is 19.5. The number of halogens is 2. The molecule has 0 aliphatic carbocycles. The highest BCUT2D eigenvalue weighted by Gasteiger charge is 2.25. The molecule has 14 heavy (non-hydrogen) atoms. The van der Waals surface area contributed by atoms with Gasteiger partial charge in [0.2, 0.25) is 0 Å². The summed E-state index contributed by atoms with van der Waals surface area (Å²) in [5.74, 6) is 0.852. The molecule has 1 atom stereocenters. The molecule has 1 aromatic carbocycles. The van der Waals surface area contributed by atoms with Crippen molar-refractivity contribution in [3.8, 4) is 5.75 Å². The summed E-state index contributed by atoms with van der Waals surface area (Å²) in [4.78, 5) is 0. The molecular formula is C10H10BrClO2. The molecule has 0 bridgehead atoms. The van der Waals surface area contributed by atoms with Gasteiger partial charge in [-0.2, -0.15) is 0 Å². The van der Waals surface area contributed by atoms with Crippen molar-refractivity contribution in [3.63, 3.8) is 0 Å². The average Bonchev–Trinajstić information content (AvgIpc) is 2.87. The fourth-order valence-corrected chi connectivity index (χ4v) is 2.46. The van der Waals surface area contributed by atoms with Crippen molar-refractivity contribution in [2.75, 3.05) is 13.7 Å². The van der Waals surface area contributed by atoms with Crippen LogP contribution in [0, 0.1) is 0 Å². The first-order chi connectivity index (χ1) is 6.70. The van der Waals surface area contributed by atoms with Crippen LogP contribution in [-0.4, -0.2) is 19.8 Å². The zero-order valence-electron chi connectivity index (χ0n) is 7.72. The fourth-order valence-electron chi connectivity index (χ4n) is 1.43. The molecule has 1 unspecified atom stereocenters. The standard InChI is InChI=1S/C10H10BrClO2/c1-13-10-6(3-8-5-14-8)2-7(12)4-9(10)11/h2,4,8H,3,5H2,1H3. The van der Waals surface area contributed by atoms with Gasteiger partial charge in [0.25, 0.3) is 0 Å². The van der Waals surface area contributed by atoms with Crippen molar-refractivity contribution in [3.05, 3.63) is 27.2 Å². The first-order valence-electron chi connectivity index (χ1n) is 4.34. The summed E-state index contributed by atoms with van der Waals surface area (Å²) in [6, 6.07) is 3.75. The summed E-state index contributed by atoms with van der Waals surface area (Å²) in [5, 5.41) is 0.716. The minimum Gasteiger partial charge on any atom is -0.495 e. The van der Waals surface area contributed by atoms with Gasteiger partial charge in [0.05, 0.1) is 24.3 Å². The quantitative estimate of drug-likeness (QED) is 0.792. The van der Waals surface area contributed by atoms with E-state index in [1.807, 2.05) is 12.1 Å². The summed E-state index contributed by atoms with van der Waals surface area (Å²) in [6.07, 6.45) is 1.21. The zero-order chi connectivity index (χ0) is 10.1. The lowest BCUT2D eigenvalue weighted by molar-refractivity contribution is 0.389. The Hall–Kier alpha value is -0.250. The molecule has 0 amide bonds. The number of benzene rings is 1. The van der Waals surface area contributed by atoms with E-state index in [0.29, 0.717) is 11.1 Å². The maximum absolute atomic E-state index is 5.96. The number of rotatable bonds is 3. The van der Waals surface area contributed by atoms with Crippen LogP contribution in [0.2, 0.25) is 5.02 Å². The number of epoxide rings is 1. The maximum atomic E-state index is 5.96. The van der Waals surface area contributed by atoms with E-state index < -0.39 is 0 Å². The van der Waals surface area contributed by atoms with Crippen molar-refractivity contribution in [1.82, 2.24) is 0 Å². The Morgan fingerprint density at radius 3 is 2.93 bits per heavy atom. The van der Waals surface area contributed by atoms with Crippen LogP contribution in [0.25, 0.3) is 0 Å². The third-order valence-corrected chi connectivity index (χ3v) is 2.95. The fraction of sp³-hybridized carbons (Fsp3) is 0.400. The molecule has 2 nitrogen and oxygen atoms in total. The topological polar surface area (TPSA) is 21.8 Å². The highest BCUT2D eigenvalue weighted by atomic mass is 79.9. The molecule has 0 aromatic heterocycles. The van der Waals surface area contributed by atoms with Crippen molar-refractivity contribution in [2.24, 2.45) is 0 Å². The van der Waals surface area contributed by atoms with Crippen LogP contribution in [0.1, 0.15) is 5.56 Å². The van der Waals surface area contributed by atoms with Gasteiger partial charge >= 0.3 is 0 Å². The van der Waals surface area contributed by atoms with E-state index in [4.69, 9.17) is 21.1 Å². The molecule has 1 aliphatic heterocycles. The predicted molar refractivity (Wildman–Crippen MR) is 59.1 cm³/mol. The van der Waals surface area contributed by atoms with Gasteiger partial charge in [0, 0.05) is 11.4 Å². The minimum absolute atomic E-state index is 0.342. The number of methoxy groups -OCH3 is 1. The Labute approximate surface area is 96.3 Å². The predicted octanol–water partition coefficient (Wildman–Crippen LogP) is 3.05. The summed E-state index contributed by atoms with van der Waals surface area (Å²) < 4.78 is 11.4. The Morgan fingerprint density at radius 2 is 2.36 bits per heavy atom. The maximum Gasteiger partial charge on any atom is 0.136 e. The third kappa shape index (κ3) is 2.22. The third-order valence-electron chi connectivity index (χ3n) is 2.14. The molecule has 0 N–H and O–H groups in total. The monoisotopic (exact) mass is 276 g/mol. The number of hydrogen-bond donors (Lipinski definition) is 0. The lowest BCUT2D eigenvalue weighted by atomic mass is 10.1. The van der Waals surface area contributed by atoms with Crippen molar-refractivity contribution < 1.29 is 9.47 Å². The first-order valence-corrected chi connectivity index (χ1v) is 5.51. The van der Waals surface area contributed by atoms with E-state index in [9.17, 15) is 0 Å². The molecule has 4 heteroatoms. The van der Waals surface area contributed by atoms with Crippen LogP contribution in [-0.2, 0) is 11.2 Å². The Morgan fingerprint density at radius 1 is 1.64 bits per heavy atom. The van der Waals surface area contributed by atoms with E-state index in [1.54, 1.807) is 7.11 Å². The van der Waals surface area contributed by atoms with Crippen LogP contribution in [0.5, 0.6) is 5.75 Å². The Kier molecular flexibility index (Phi) is 3.00. The molecule has 76 valence electrons. The number of ether oxygens (including phenoxy) is 2. The minimum atomic E-state index is 0.342. The second-order valence-corrected chi connectivity index (χ2v) is 4.53. The highest BCUT2D eigenvalue weighted by molar-refractivity contribution is 9.10. The van der Waals surface area contributed by atoms with Crippen molar-refractivity contribution in [2.45, 2.75) is 12.5 Å². The molecule has 1 heterocycles. The van der Waals surface area contributed by atoms with E-state index in [2.05, 4.69) is 15.9 Å². The Bertz CT molecular complexity index is 350. The molecule has 0 radical (unpaired) electrons. The molecule has 1 aliphatic rings. The van der Waals surface area contributed by atoms with Crippen molar-refractivity contribution >= 4 is 27.5 Å². The smallest absolute Gasteiger partial charge is 0.136 e. The highest BCUT2D eigenvalue weighted by Crippen LogP contribution is 2.34. The molecule has 0 spiro atoms. The van der Waals surface area contributed by atoms with E-state index >= 15 is 0 Å². The van der Waals surface area contributed by atoms with Gasteiger partial charge in [-0.25, -0.2) is 0 Å². The summed E-state index contributed by atoms with van der Waals surface area (Å²) >= 11 is 9.37. The second-order valence-electron chi connectivity index (χ2n) is 3.24. The molecule has 1 fully saturated rings. The van der Waals surface area contributed by atoms with E-state index in [-0.39, 0.29) is 0 Å². The summed E-state index contributed by atoms with van der Waals surface area (Å²) in [6.45, 7) is 0.841. The van der Waals surface area contributed by atoms with E-state index in [0.717, 1.165) is 28.8 Å². The van der Waals surface area contributed by atoms with Crippen LogP contribution in [0.3, 0.4) is 0 Å². The lowest BCUT2D eigenvalue weighted by Crippen LogP contribution is -1.98. The first kappa shape index (κ1) is 10.3. The summed E-state index contributed by atoms with van der Waals surface area (Å²) in [5.41, 5.74) is 1.09. The zero-order valence-corrected chi connectivity index (χ0v) is 10.1. The molecule has 1 saturated heterocycles. The van der Waals surface area contributed by atoms with Crippen LogP contribution < -0.4 is 4.74 Å². The summed E-state index contributed by atoms with van der Waals surface area (Å²) in [7, 11) is 1.66. The average molecular weight is 278 g/mol. The number of hydrogen-bond acceptors (Lipinski definition) is 2. The van der Waals surface area contributed by atoms with Gasteiger partial charge in [-0.05, 0) is 33.6 Å². The Balaban J connectivity index is 2.33. The van der Waals surface area contributed by atoms with Gasteiger partial charge in [-0.15, -0.1) is 0 Å². The molecule has 0 saturated carbocycles. The van der Waals surface area contributed by atoms with Gasteiger partial charge in [-0.1, -0.05) is 11.6 Å². The lowest BCUT2D eigenvalue weighted by Gasteiger charge is -2.09. The van der Waals surface area contributed by atoms with Crippen LogP contribution in [0.4, 0.5) is 0 Å². The largest absolute Gasteiger partial charge is 0.495 e. The molecule has 1 aromatic rings. The van der Waals surface area contributed by atoms with Gasteiger partial charge in [0.1, 0.15) is 5.75 Å². The van der Waals surface area contributed by atoms with Crippen molar-refractivity contribution in [1.29, 1.82) is 0 Å². The van der Waals surface area contributed by atoms with Gasteiger partial charge in [-0.3, -0.25) is 0 Å². The van der Waals surface area contributed by atoms with E-state index in [1.165, 1.54) is 0 Å². The SMILES string of the molecule is COc1c(Br)cc(Cl)cc1CC1CO1. The van der Waals surface area contributed by atoms with Gasteiger partial charge in [0.15, 0.2) is 0 Å². The molecular weight excluding hydrogens is 267 g/mol. The second kappa shape index (κ2) is 4.09. The van der Waals surface area contributed by atoms with Gasteiger partial charge < -0.3 is 9.47 Å². The molecule has 2 rings (SSSR count). The van der Waals surface area contributed by atoms with Crippen LogP contribution in [0.15, 0.2) is 16.6 Å². The van der Waals surface area contributed by atoms with Crippen LogP contribution >= 0.6 is 27.5 Å².